The van der Waals surface area contributed by atoms with Crippen molar-refractivity contribution in [3.8, 4) is 0 Å². The van der Waals surface area contributed by atoms with Crippen LogP contribution in [0.15, 0.2) is 48.5 Å². The Labute approximate surface area is 126 Å². The monoisotopic (exact) mass is 296 g/mol. The van der Waals surface area contributed by atoms with Gasteiger partial charge in [0.25, 0.3) is 5.91 Å². The molecule has 1 aromatic heterocycles. The van der Waals surface area contributed by atoms with Crippen molar-refractivity contribution < 1.29 is 9.18 Å². The van der Waals surface area contributed by atoms with Gasteiger partial charge in [0.1, 0.15) is 11.3 Å². The first-order valence-electron chi connectivity index (χ1n) is 6.84. The van der Waals surface area contributed by atoms with Crippen LogP contribution in [0.1, 0.15) is 16.2 Å². The number of para-hydroxylation sites is 1. The Morgan fingerprint density at radius 3 is 2.50 bits per heavy atom. The van der Waals surface area contributed by atoms with E-state index in [0.717, 1.165) is 5.56 Å². The maximum Gasteiger partial charge on any atom is 0.291 e. The molecule has 6 heteroatoms. The minimum absolute atomic E-state index is 0.0396. The molecule has 0 saturated heterocycles. The maximum absolute atomic E-state index is 12.8. The molecule has 0 unspecified atom stereocenters. The van der Waals surface area contributed by atoms with Crippen molar-refractivity contribution in [2.24, 2.45) is 0 Å². The molecule has 110 valence electrons. The van der Waals surface area contributed by atoms with E-state index in [1.807, 2.05) is 12.1 Å². The minimum atomic E-state index is -0.375. The summed E-state index contributed by atoms with van der Waals surface area (Å²) >= 11 is 0. The summed E-state index contributed by atoms with van der Waals surface area (Å²) < 4.78 is 12.8. The van der Waals surface area contributed by atoms with Crippen LogP contribution in [0.5, 0.6) is 0 Å². The molecular formula is C16H13FN4O. The summed E-state index contributed by atoms with van der Waals surface area (Å²) in [5, 5.41) is 10.5. The van der Waals surface area contributed by atoms with Crippen LogP contribution in [0.4, 0.5) is 4.39 Å². The first kappa shape index (κ1) is 14.1. The second-order valence-electron chi connectivity index (χ2n) is 4.76. The normalized spacial score (nSPS) is 10.6. The molecule has 0 fully saturated rings. The van der Waals surface area contributed by atoms with E-state index in [-0.39, 0.29) is 17.5 Å². The highest BCUT2D eigenvalue weighted by Crippen LogP contribution is 2.06. The summed E-state index contributed by atoms with van der Waals surface area (Å²) in [6.45, 7) is 0.417. The predicted octanol–water partition coefficient (Wildman–Crippen LogP) is 2.14. The Morgan fingerprint density at radius 2 is 1.73 bits per heavy atom. The van der Waals surface area contributed by atoms with E-state index < -0.39 is 0 Å². The first-order valence-corrected chi connectivity index (χ1v) is 6.84. The molecule has 0 aliphatic heterocycles. The Bertz CT molecular complexity index is 805. The minimum Gasteiger partial charge on any atom is -0.349 e. The lowest BCUT2D eigenvalue weighted by molar-refractivity contribution is 0.0943. The fourth-order valence-corrected chi connectivity index (χ4v) is 2.03. The Morgan fingerprint density at radius 1 is 1.00 bits per heavy atom. The van der Waals surface area contributed by atoms with Gasteiger partial charge in [0.15, 0.2) is 0 Å². The van der Waals surface area contributed by atoms with Gasteiger partial charge in [-0.25, -0.2) is 9.37 Å². The van der Waals surface area contributed by atoms with Gasteiger partial charge in [0.2, 0.25) is 5.82 Å². The van der Waals surface area contributed by atoms with Gasteiger partial charge in [-0.2, -0.15) is 0 Å². The van der Waals surface area contributed by atoms with Gasteiger partial charge in [0, 0.05) is 6.54 Å². The van der Waals surface area contributed by atoms with Crippen molar-refractivity contribution in [1.29, 1.82) is 0 Å². The number of benzene rings is 2. The van der Waals surface area contributed by atoms with Crippen molar-refractivity contribution >= 4 is 16.9 Å². The number of aromatic nitrogens is 3. The number of carbonyl (C=O) groups is 1. The number of amides is 1. The predicted molar refractivity (Wildman–Crippen MR) is 79.8 cm³/mol. The van der Waals surface area contributed by atoms with Crippen LogP contribution in [-0.2, 0) is 6.42 Å². The summed E-state index contributed by atoms with van der Waals surface area (Å²) in [7, 11) is 0. The second kappa shape index (κ2) is 6.26. The second-order valence-corrected chi connectivity index (χ2v) is 4.76. The van der Waals surface area contributed by atoms with Crippen molar-refractivity contribution in [2.45, 2.75) is 6.42 Å². The van der Waals surface area contributed by atoms with Crippen molar-refractivity contribution in [3.05, 3.63) is 65.7 Å². The van der Waals surface area contributed by atoms with E-state index in [2.05, 4.69) is 20.5 Å². The van der Waals surface area contributed by atoms with E-state index in [9.17, 15) is 9.18 Å². The van der Waals surface area contributed by atoms with E-state index in [4.69, 9.17) is 0 Å². The Kier molecular flexibility index (Phi) is 4.00. The third-order valence-corrected chi connectivity index (χ3v) is 3.18. The highest BCUT2D eigenvalue weighted by Gasteiger charge is 2.10. The third-order valence-electron chi connectivity index (χ3n) is 3.18. The number of nitrogens with zero attached hydrogens (tertiary/aromatic N) is 3. The fraction of sp³-hybridized carbons (Fsp3) is 0.125. The number of nitrogens with one attached hydrogen (secondary N) is 1. The molecule has 22 heavy (non-hydrogen) atoms. The van der Waals surface area contributed by atoms with Crippen LogP contribution in [-0.4, -0.2) is 27.6 Å². The van der Waals surface area contributed by atoms with Gasteiger partial charge in [-0.3, -0.25) is 4.79 Å². The molecule has 1 heterocycles. The zero-order valence-corrected chi connectivity index (χ0v) is 11.7. The quantitative estimate of drug-likeness (QED) is 0.801. The van der Waals surface area contributed by atoms with Crippen LogP contribution in [0.25, 0.3) is 11.0 Å². The van der Waals surface area contributed by atoms with Crippen LogP contribution in [0.2, 0.25) is 0 Å². The zero-order chi connectivity index (χ0) is 15.4. The molecular weight excluding hydrogens is 283 g/mol. The topological polar surface area (TPSA) is 67.8 Å². The highest BCUT2D eigenvalue weighted by molar-refractivity contribution is 5.91. The van der Waals surface area contributed by atoms with Gasteiger partial charge in [-0.15, -0.1) is 10.2 Å². The molecule has 0 aliphatic carbocycles. The molecule has 0 saturated carbocycles. The molecule has 2 aromatic carbocycles. The van der Waals surface area contributed by atoms with Crippen LogP contribution >= 0.6 is 0 Å². The summed E-state index contributed by atoms with van der Waals surface area (Å²) in [5.74, 6) is -0.610. The van der Waals surface area contributed by atoms with Crippen molar-refractivity contribution in [3.63, 3.8) is 0 Å². The molecule has 3 aromatic rings. The lowest BCUT2D eigenvalue weighted by atomic mass is 10.1. The summed E-state index contributed by atoms with van der Waals surface area (Å²) in [4.78, 5) is 16.2. The van der Waals surface area contributed by atoms with Crippen LogP contribution < -0.4 is 5.32 Å². The molecule has 3 rings (SSSR count). The number of fused-ring (bicyclic) bond motifs is 1. The van der Waals surface area contributed by atoms with Crippen LogP contribution in [0.3, 0.4) is 0 Å². The molecule has 0 spiro atoms. The Balaban J connectivity index is 1.62. The first-order chi connectivity index (χ1) is 10.7. The average Bonchev–Trinajstić information content (AvgIpc) is 2.56. The number of carbonyl (C=O) groups excluding carboxylic acids is 1. The van der Waals surface area contributed by atoms with E-state index >= 15 is 0 Å². The SMILES string of the molecule is O=C(NCCc1ccc(F)cc1)c1nnc2ccccc2n1. The standard InChI is InChI=1S/C16H13FN4O/c17-12-7-5-11(6-8-12)9-10-18-16(22)15-19-13-3-1-2-4-14(13)20-21-15/h1-8H,9-10H2,(H,18,22). The molecule has 0 radical (unpaired) electrons. The molecule has 0 bridgehead atoms. The summed E-state index contributed by atoms with van der Waals surface area (Å²) in [6, 6.07) is 13.4. The number of halogens is 1. The number of rotatable bonds is 4. The lowest BCUT2D eigenvalue weighted by Gasteiger charge is -2.04. The molecule has 0 atom stereocenters. The zero-order valence-electron chi connectivity index (χ0n) is 11.7. The third kappa shape index (κ3) is 3.22. The lowest BCUT2D eigenvalue weighted by Crippen LogP contribution is -2.27. The number of hydrogen-bond acceptors (Lipinski definition) is 4. The van der Waals surface area contributed by atoms with Crippen molar-refractivity contribution in [1.82, 2.24) is 20.5 Å². The van der Waals surface area contributed by atoms with E-state index in [1.54, 1.807) is 24.3 Å². The van der Waals surface area contributed by atoms with Gasteiger partial charge in [0.05, 0.1) is 5.52 Å². The average molecular weight is 296 g/mol. The van der Waals surface area contributed by atoms with E-state index in [1.165, 1.54) is 12.1 Å². The van der Waals surface area contributed by atoms with Crippen molar-refractivity contribution in [2.75, 3.05) is 6.54 Å². The summed E-state index contributed by atoms with van der Waals surface area (Å²) in [5.41, 5.74) is 2.21. The van der Waals surface area contributed by atoms with Crippen LogP contribution in [0, 0.1) is 5.82 Å². The smallest absolute Gasteiger partial charge is 0.291 e. The molecule has 1 N–H and O–H groups in total. The van der Waals surface area contributed by atoms with Gasteiger partial charge in [-0.1, -0.05) is 24.3 Å². The van der Waals surface area contributed by atoms with E-state index in [0.29, 0.717) is 24.0 Å². The summed E-state index contributed by atoms with van der Waals surface area (Å²) in [6.07, 6.45) is 0.604. The Hall–Kier alpha value is -2.89. The fourth-order valence-electron chi connectivity index (χ4n) is 2.03. The van der Waals surface area contributed by atoms with Gasteiger partial charge < -0.3 is 5.32 Å². The molecule has 0 aliphatic rings. The van der Waals surface area contributed by atoms with Gasteiger partial charge >= 0.3 is 0 Å². The maximum atomic E-state index is 12.8. The molecule has 1 amide bonds. The number of hydrogen-bond donors (Lipinski definition) is 1. The molecule has 5 nitrogen and oxygen atoms in total. The largest absolute Gasteiger partial charge is 0.349 e. The highest BCUT2D eigenvalue weighted by atomic mass is 19.1. The van der Waals surface area contributed by atoms with Gasteiger partial charge in [-0.05, 0) is 36.2 Å².